The number of benzene rings is 1. The van der Waals surface area contributed by atoms with Gasteiger partial charge >= 0.3 is 0 Å². The van der Waals surface area contributed by atoms with Crippen molar-refractivity contribution in [1.82, 2.24) is 5.16 Å². The zero-order chi connectivity index (χ0) is 13.6. The summed E-state index contributed by atoms with van der Waals surface area (Å²) in [5.41, 5.74) is 8.92. The van der Waals surface area contributed by atoms with Gasteiger partial charge in [0.1, 0.15) is 11.4 Å². The number of ether oxygens (including phenoxy) is 1. The predicted octanol–water partition coefficient (Wildman–Crippen LogP) is 1.91. The Balaban J connectivity index is 1.99. The van der Waals surface area contributed by atoms with Crippen LogP contribution >= 0.6 is 0 Å². The molecular weight excluding hydrogens is 242 g/mol. The van der Waals surface area contributed by atoms with Crippen molar-refractivity contribution in [2.75, 3.05) is 31.3 Å². The molecule has 1 fully saturated rings. The van der Waals surface area contributed by atoms with Crippen molar-refractivity contribution >= 4 is 11.4 Å². The lowest BCUT2D eigenvalue weighted by molar-refractivity contribution is 0.274. The van der Waals surface area contributed by atoms with E-state index in [9.17, 15) is 0 Å². The molecule has 0 saturated carbocycles. The van der Waals surface area contributed by atoms with Gasteiger partial charge in [0.2, 0.25) is 0 Å². The van der Waals surface area contributed by atoms with Crippen LogP contribution in [-0.4, -0.2) is 25.9 Å². The third kappa shape index (κ3) is 1.77. The number of hydrogen-bond donors (Lipinski definition) is 1. The number of nitrogen functional groups attached to an aromatic ring is 1. The van der Waals surface area contributed by atoms with E-state index in [0.29, 0.717) is 23.7 Å². The fraction of sp³-hybridized carbons (Fsp3) is 0.357. The van der Waals surface area contributed by atoms with E-state index in [2.05, 4.69) is 22.2 Å². The third-order valence-electron chi connectivity index (χ3n) is 3.56. The van der Waals surface area contributed by atoms with E-state index >= 15 is 0 Å². The lowest BCUT2D eigenvalue weighted by Gasteiger charge is -2.14. The van der Waals surface area contributed by atoms with Gasteiger partial charge in [-0.05, 0) is 24.6 Å². The van der Waals surface area contributed by atoms with Crippen molar-refractivity contribution < 1.29 is 9.26 Å². The summed E-state index contributed by atoms with van der Waals surface area (Å²) in [7, 11) is 4.02. The summed E-state index contributed by atoms with van der Waals surface area (Å²) >= 11 is 0. The van der Waals surface area contributed by atoms with Crippen molar-refractivity contribution in [3.05, 3.63) is 41.3 Å². The molecule has 2 N–H and O–H groups in total. The van der Waals surface area contributed by atoms with Gasteiger partial charge in [0.15, 0.2) is 11.4 Å². The second kappa shape index (κ2) is 3.99. The van der Waals surface area contributed by atoms with Crippen LogP contribution in [0.1, 0.15) is 17.0 Å². The normalized spacial score (nSPS) is 21.4. The van der Waals surface area contributed by atoms with E-state index in [1.54, 1.807) is 0 Å². The van der Waals surface area contributed by atoms with E-state index in [1.165, 1.54) is 0 Å². The van der Waals surface area contributed by atoms with Crippen LogP contribution in [0.15, 0.2) is 28.8 Å². The van der Waals surface area contributed by atoms with Gasteiger partial charge in [-0.25, -0.2) is 0 Å². The first-order valence-electron chi connectivity index (χ1n) is 6.18. The summed E-state index contributed by atoms with van der Waals surface area (Å²) in [5, 5.41) is 3.91. The highest BCUT2D eigenvalue weighted by molar-refractivity contribution is 5.55. The molecule has 5 heteroatoms. The number of hydrogen-bond acceptors (Lipinski definition) is 5. The molecule has 0 aliphatic carbocycles. The minimum Gasteiger partial charge on any atom is -0.394 e. The summed E-state index contributed by atoms with van der Waals surface area (Å²) in [6.45, 7) is 2.40. The minimum absolute atomic E-state index is 0.545. The largest absolute Gasteiger partial charge is 0.394 e. The molecule has 1 saturated heterocycles. The van der Waals surface area contributed by atoms with Crippen LogP contribution in [0.5, 0.6) is 0 Å². The Morgan fingerprint density at radius 3 is 2.32 bits per heavy atom. The lowest BCUT2D eigenvalue weighted by atomic mass is 9.95. The molecule has 0 spiro atoms. The Bertz CT molecular complexity index is 598. The highest BCUT2D eigenvalue weighted by atomic mass is 16.6. The maximum absolute atomic E-state index is 6.00. The van der Waals surface area contributed by atoms with Crippen LogP contribution in [-0.2, 0) is 10.3 Å². The van der Waals surface area contributed by atoms with Gasteiger partial charge in [-0.2, -0.15) is 0 Å². The highest BCUT2D eigenvalue weighted by Gasteiger charge is 2.53. The average Bonchev–Trinajstić information content (AvgIpc) is 3.14. The summed E-state index contributed by atoms with van der Waals surface area (Å²) in [6.07, 6.45) is 0. The molecule has 1 aromatic heterocycles. The first kappa shape index (κ1) is 12.0. The number of anilines is 2. The van der Waals surface area contributed by atoms with Crippen molar-refractivity contribution in [2.45, 2.75) is 12.5 Å². The van der Waals surface area contributed by atoms with Gasteiger partial charge in [0.05, 0.1) is 6.61 Å². The van der Waals surface area contributed by atoms with E-state index < -0.39 is 5.60 Å². The highest BCUT2D eigenvalue weighted by Crippen LogP contribution is 2.48. The van der Waals surface area contributed by atoms with Crippen molar-refractivity contribution in [1.29, 1.82) is 0 Å². The quantitative estimate of drug-likeness (QED) is 0.853. The number of nitrogens with zero attached hydrogens (tertiary/aromatic N) is 2. The molecule has 1 atom stereocenters. The van der Waals surface area contributed by atoms with E-state index in [1.807, 2.05) is 33.2 Å². The van der Waals surface area contributed by atoms with Crippen LogP contribution in [0.25, 0.3) is 0 Å². The van der Waals surface area contributed by atoms with E-state index in [-0.39, 0.29) is 0 Å². The van der Waals surface area contributed by atoms with Crippen LogP contribution in [0, 0.1) is 6.92 Å². The maximum atomic E-state index is 6.00. The van der Waals surface area contributed by atoms with Gasteiger partial charge in [0.25, 0.3) is 0 Å². The Morgan fingerprint density at radius 1 is 1.26 bits per heavy atom. The van der Waals surface area contributed by atoms with Crippen molar-refractivity contribution in [3.63, 3.8) is 0 Å². The first-order chi connectivity index (χ1) is 9.04. The van der Waals surface area contributed by atoms with Crippen LogP contribution < -0.4 is 10.6 Å². The first-order valence-corrected chi connectivity index (χ1v) is 6.18. The molecule has 1 unspecified atom stereocenters. The number of epoxide rings is 1. The maximum Gasteiger partial charge on any atom is 0.198 e. The van der Waals surface area contributed by atoms with Crippen molar-refractivity contribution in [2.24, 2.45) is 0 Å². The van der Waals surface area contributed by atoms with Crippen LogP contribution in [0.3, 0.4) is 0 Å². The monoisotopic (exact) mass is 259 g/mol. The Morgan fingerprint density at radius 2 is 1.89 bits per heavy atom. The third-order valence-corrected chi connectivity index (χ3v) is 3.56. The fourth-order valence-corrected chi connectivity index (χ4v) is 2.20. The van der Waals surface area contributed by atoms with Crippen molar-refractivity contribution in [3.8, 4) is 0 Å². The molecule has 3 rings (SSSR count). The molecule has 1 aliphatic heterocycles. The number of aryl methyl sites for hydroxylation is 1. The van der Waals surface area contributed by atoms with Gasteiger partial charge in [-0.1, -0.05) is 17.3 Å². The summed E-state index contributed by atoms with van der Waals surface area (Å²) in [4.78, 5) is 2.05. The van der Waals surface area contributed by atoms with Gasteiger partial charge < -0.3 is 19.9 Å². The minimum atomic E-state index is -0.545. The number of aromatic nitrogens is 1. The Hall–Kier alpha value is -2.01. The number of rotatable bonds is 3. The average molecular weight is 259 g/mol. The Kier molecular flexibility index (Phi) is 2.53. The molecule has 1 aromatic carbocycles. The predicted molar refractivity (Wildman–Crippen MR) is 73.2 cm³/mol. The second-order valence-corrected chi connectivity index (χ2v) is 5.07. The van der Waals surface area contributed by atoms with Crippen LogP contribution in [0.2, 0.25) is 0 Å². The molecule has 19 heavy (non-hydrogen) atoms. The zero-order valence-corrected chi connectivity index (χ0v) is 11.3. The van der Waals surface area contributed by atoms with Crippen LogP contribution in [0.4, 0.5) is 11.4 Å². The van der Waals surface area contributed by atoms with Gasteiger partial charge in [-0.3, -0.25) is 0 Å². The lowest BCUT2D eigenvalue weighted by Crippen LogP contribution is -2.13. The molecule has 0 bridgehead atoms. The van der Waals surface area contributed by atoms with Gasteiger partial charge in [0, 0.05) is 19.8 Å². The standard InChI is InChI=1S/C14H17N3O2/c1-9-12(15)13(19-16-9)14(8-18-14)10-4-6-11(7-5-10)17(2)3/h4-7H,8,15H2,1-3H3. The summed E-state index contributed by atoms with van der Waals surface area (Å²) < 4.78 is 11.0. The molecule has 2 heterocycles. The summed E-state index contributed by atoms with van der Waals surface area (Å²) in [5.74, 6) is 0.614. The smallest absolute Gasteiger partial charge is 0.198 e. The van der Waals surface area contributed by atoms with E-state index in [4.69, 9.17) is 15.0 Å². The number of nitrogens with two attached hydrogens (primary N) is 1. The molecule has 1 aliphatic rings. The molecule has 0 amide bonds. The fourth-order valence-electron chi connectivity index (χ4n) is 2.20. The zero-order valence-electron chi connectivity index (χ0n) is 11.3. The topological polar surface area (TPSA) is 67.8 Å². The van der Waals surface area contributed by atoms with Gasteiger partial charge in [-0.15, -0.1) is 0 Å². The molecular formula is C14H17N3O2. The second-order valence-electron chi connectivity index (χ2n) is 5.07. The SMILES string of the molecule is Cc1noc(C2(c3ccc(N(C)C)cc3)CO2)c1N. The summed E-state index contributed by atoms with van der Waals surface area (Å²) in [6, 6.07) is 8.19. The molecule has 100 valence electrons. The molecule has 2 aromatic rings. The molecule has 5 nitrogen and oxygen atoms in total. The molecule has 0 radical (unpaired) electrons. The Labute approximate surface area is 111 Å². The van der Waals surface area contributed by atoms with E-state index in [0.717, 1.165) is 11.3 Å².